The molecule has 1 unspecified atom stereocenters. The molecule has 0 bridgehead atoms. The van der Waals surface area contributed by atoms with Crippen LogP contribution in [0.5, 0.6) is 11.5 Å². The number of nitrogens with two attached hydrogens (primary N) is 1. The number of rotatable bonds is 3. The van der Waals surface area contributed by atoms with E-state index in [4.69, 9.17) is 10.5 Å². The van der Waals surface area contributed by atoms with Crippen molar-refractivity contribution in [2.45, 2.75) is 13.0 Å². The van der Waals surface area contributed by atoms with Crippen molar-refractivity contribution in [3.05, 3.63) is 59.7 Å². The van der Waals surface area contributed by atoms with Crippen LogP contribution >= 0.6 is 0 Å². The lowest BCUT2D eigenvalue weighted by atomic mass is 10.1. The maximum Gasteiger partial charge on any atom is 0.166 e. The minimum Gasteiger partial charge on any atom is -0.454 e. The van der Waals surface area contributed by atoms with Crippen molar-refractivity contribution in [3.63, 3.8) is 0 Å². The van der Waals surface area contributed by atoms with Crippen molar-refractivity contribution < 1.29 is 13.5 Å². The SMILES string of the molecule is CC(N)c1ccc(Oc2cccc(F)c2)c(F)c1. The molecule has 2 N–H and O–H groups in total. The van der Waals surface area contributed by atoms with Crippen LogP contribution in [-0.4, -0.2) is 0 Å². The highest BCUT2D eigenvalue weighted by Crippen LogP contribution is 2.26. The molecule has 0 saturated heterocycles. The molecular formula is C14H13F2NO. The van der Waals surface area contributed by atoms with E-state index in [9.17, 15) is 8.78 Å². The van der Waals surface area contributed by atoms with Crippen molar-refractivity contribution in [1.29, 1.82) is 0 Å². The third-order valence-corrected chi connectivity index (χ3v) is 2.51. The van der Waals surface area contributed by atoms with Crippen LogP contribution in [0.4, 0.5) is 8.78 Å². The van der Waals surface area contributed by atoms with Gasteiger partial charge >= 0.3 is 0 Å². The second kappa shape index (κ2) is 5.14. The summed E-state index contributed by atoms with van der Waals surface area (Å²) in [5, 5.41) is 0. The molecule has 0 aliphatic rings. The van der Waals surface area contributed by atoms with E-state index in [1.54, 1.807) is 19.1 Å². The second-order valence-corrected chi connectivity index (χ2v) is 4.04. The van der Waals surface area contributed by atoms with E-state index < -0.39 is 11.6 Å². The van der Waals surface area contributed by atoms with E-state index in [1.807, 2.05) is 0 Å². The summed E-state index contributed by atoms with van der Waals surface area (Å²) in [5.41, 5.74) is 6.33. The van der Waals surface area contributed by atoms with E-state index in [1.165, 1.54) is 30.3 Å². The van der Waals surface area contributed by atoms with E-state index >= 15 is 0 Å². The monoisotopic (exact) mass is 249 g/mol. The Morgan fingerprint density at radius 3 is 2.50 bits per heavy atom. The van der Waals surface area contributed by atoms with E-state index in [2.05, 4.69) is 0 Å². The highest BCUT2D eigenvalue weighted by molar-refractivity contribution is 5.35. The Labute approximate surface area is 104 Å². The first-order valence-electron chi connectivity index (χ1n) is 5.54. The highest BCUT2D eigenvalue weighted by Gasteiger charge is 2.08. The van der Waals surface area contributed by atoms with Crippen LogP contribution in [-0.2, 0) is 0 Å². The minimum absolute atomic E-state index is 0.0463. The van der Waals surface area contributed by atoms with E-state index in [-0.39, 0.29) is 17.5 Å². The van der Waals surface area contributed by atoms with Crippen LogP contribution in [0, 0.1) is 11.6 Å². The Morgan fingerprint density at radius 1 is 1.11 bits per heavy atom. The van der Waals surface area contributed by atoms with Crippen LogP contribution in [0.2, 0.25) is 0 Å². The molecule has 0 amide bonds. The molecule has 0 saturated carbocycles. The number of benzene rings is 2. The zero-order valence-corrected chi connectivity index (χ0v) is 9.86. The van der Waals surface area contributed by atoms with Crippen molar-refractivity contribution in [3.8, 4) is 11.5 Å². The first-order valence-corrected chi connectivity index (χ1v) is 5.54. The van der Waals surface area contributed by atoms with Crippen LogP contribution < -0.4 is 10.5 Å². The molecule has 2 nitrogen and oxygen atoms in total. The first kappa shape index (κ1) is 12.5. The third-order valence-electron chi connectivity index (χ3n) is 2.51. The number of hydrogen-bond donors (Lipinski definition) is 1. The van der Waals surface area contributed by atoms with Gasteiger partial charge in [0.2, 0.25) is 0 Å². The molecule has 2 rings (SSSR count). The fourth-order valence-corrected chi connectivity index (χ4v) is 1.54. The van der Waals surface area contributed by atoms with Crippen LogP contribution in [0.25, 0.3) is 0 Å². The second-order valence-electron chi connectivity index (χ2n) is 4.04. The predicted octanol–water partition coefficient (Wildman–Crippen LogP) is 3.78. The highest BCUT2D eigenvalue weighted by atomic mass is 19.1. The summed E-state index contributed by atoms with van der Waals surface area (Å²) in [6.45, 7) is 1.77. The van der Waals surface area contributed by atoms with Crippen molar-refractivity contribution >= 4 is 0 Å². The molecule has 18 heavy (non-hydrogen) atoms. The first-order chi connectivity index (χ1) is 8.56. The van der Waals surface area contributed by atoms with Gasteiger partial charge in [-0.05, 0) is 36.8 Å². The molecule has 2 aromatic carbocycles. The lowest BCUT2D eigenvalue weighted by Gasteiger charge is -2.10. The van der Waals surface area contributed by atoms with Crippen LogP contribution in [0.15, 0.2) is 42.5 Å². The van der Waals surface area contributed by atoms with Crippen molar-refractivity contribution in [1.82, 2.24) is 0 Å². The van der Waals surface area contributed by atoms with Gasteiger partial charge in [-0.3, -0.25) is 0 Å². The summed E-state index contributed by atoms with van der Waals surface area (Å²) in [4.78, 5) is 0. The topological polar surface area (TPSA) is 35.2 Å². The number of hydrogen-bond acceptors (Lipinski definition) is 2. The molecule has 1 atom stereocenters. The largest absolute Gasteiger partial charge is 0.454 e. The van der Waals surface area contributed by atoms with E-state index in [0.29, 0.717) is 5.56 Å². The maximum atomic E-state index is 13.7. The molecule has 0 heterocycles. The third kappa shape index (κ3) is 2.84. The average molecular weight is 249 g/mol. The molecule has 0 aliphatic heterocycles. The van der Waals surface area contributed by atoms with Crippen molar-refractivity contribution in [2.24, 2.45) is 5.73 Å². The zero-order chi connectivity index (χ0) is 13.1. The number of halogens is 2. The van der Waals surface area contributed by atoms with Gasteiger partial charge in [0.1, 0.15) is 11.6 Å². The molecular weight excluding hydrogens is 236 g/mol. The summed E-state index contributed by atoms with van der Waals surface area (Å²) in [7, 11) is 0. The van der Waals surface area contributed by atoms with Crippen LogP contribution in [0.1, 0.15) is 18.5 Å². The normalized spacial score (nSPS) is 12.2. The van der Waals surface area contributed by atoms with Crippen molar-refractivity contribution in [2.75, 3.05) is 0 Å². The van der Waals surface area contributed by atoms with Gasteiger partial charge in [0, 0.05) is 12.1 Å². The maximum absolute atomic E-state index is 13.7. The Balaban J connectivity index is 2.24. The van der Waals surface area contributed by atoms with Gasteiger partial charge in [0.15, 0.2) is 11.6 Å². The standard InChI is InChI=1S/C14H13F2NO/c1-9(17)10-5-6-14(13(16)7-10)18-12-4-2-3-11(15)8-12/h2-9H,17H2,1H3. The van der Waals surface area contributed by atoms with Gasteiger partial charge in [0.25, 0.3) is 0 Å². The molecule has 0 radical (unpaired) electrons. The fraction of sp³-hybridized carbons (Fsp3) is 0.143. The summed E-state index contributed by atoms with van der Waals surface area (Å²) in [6, 6.07) is 9.78. The summed E-state index contributed by atoms with van der Waals surface area (Å²) in [6.07, 6.45) is 0. The molecule has 2 aromatic rings. The smallest absolute Gasteiger partial charge is 0.166 e. The average Bonchev–Trinajstić information content (AvgIpc) is 2.31. The Bertz CT molecular complexity index is 555. The molecule has 0 spiro atoms. The summed E-state index contributed by atoms with van der Waals surface area (Å²) < 4.78 is 31.9. The Kier molecular flexibility index (Phi) is 3.58. The van der Waals surface area contributed by atoms with Crippen LogP contribution in [0.3, 0.4) is 0 Å². The van der Waals surface area contributed by atoms with Gasteiger partial charge in [-0.2, -0.15) is 0 Å². The van der Waals surface area contributed by atoms with Gasteiger partial charge < -0.3 is 10.5 Å². The summed E-state index contributed by atoms with van der Waals surface area (Å²) >= 11 is 0. The molecule has 94 valence electrons. The Morgan fingerprint density at radius 2 is 1.89 bits per heavy atom. The summed E-state index contributed by atoms with van der Waals surface area (Å²) in [5.74, 6) is -0.651. The quantitative estimate of drug-likeness (QED) is 0.898. The predicted molar refractivity (Wildman–Crippen MR) is 65.5 cm³/mol. The van der Waals surface area contributed by atoms with Gasteiger partial charge in [-0.1, -0.05) is 12.1 Å². The molecule has 0 aliphatic carbocycles. The fourth-order valence-electron chi connectivity index (χ4n) is 1.54. The Hall–Kier alpha value is -1.94. The molecule has 4 heteroatoms. The van der Waals surface area contributed by atoms with E-state index in [0.717, 1.165) is 0 Å². The molecule has 0 aromatic heterocycles. The zero-order valence-electron chi connectivity index (χ0n) is 9.86. The van der Waals surface area contributed by atoms with Gasteiger partial charge in [0.05, 0.1) is 0 Å². The number of ether oxygens (including phenoxy) is 1. The lowest BCUT2D eigenvalue weighted by Crippen LogP contribution is -2.05. The van der Waals surface area contributed by atoms with Gasteiger partial charge in [-0.25, -0.2) is 8.78 Å². The minimum atomic E-state index is -0.519. The van der Waals surface area contributed by atoms with Gasteiger partial charge in [-0.15, -0.1) is 0 Å². The lowest BCUT2D eigenvalue weighted by molar-refractivity contribution is 0.438. The molecule has 0 fully saturated rings.